The normalized spacial score (nSPS) is 14.1. The Kier molecular flexibility index (Phi) is 5.17. The molecular formula is C12H15NO5S. The Labute approximate surface area is 113 Å². The predicted molar refractivity (Wildman–Crippen MR) is 71.2 cm³/mol. The van der Waals surface area contributed by atoms with Gasteiger partial charge in [-0.05, 0) is 11.5 Å². The number of nitrogens with zero attached hydrogens (tertiary/aromatic N) is 1. The standard InChI is InChI=1S/C12H15NO5S/c1-8(2)11(12(14)15)19(18)7-9-4-3-5-10(6-9)13(16)17/h3-6,8,11H,7H2,1-2H3,(H,14,15). The van der Waals surface area contributed by atoms with E-state index >= 15 is 0 Å². The second kappa shape index (κ2) is 6.42. The van der Waals surface area contributed by atoms with Crippen LogP contribution in [0, 0.1) is 16.0 Å². The van der Waals surface area contributed by atoms with Crippen molar-refractivity contribution < 1.29 is 19.0 Å². The van der Waals surface area contributed by atoms with E-state index < -0.39 is 26.9 Å². The molecule has 1 aromatic carbocycles. The third-order valence-corrected chi connectivity index (χ3v) is 4.49. The molecule has 7 heteroatoms. The van der Waals surface area contributed by atoms with Crippen LogP contribution in [0.25, 0.3) is 0 Å². The van der Waals surface area contributed by atoms with E-state index in [0.717, 1.165) is 0 Å². The van der Waals surface area contributed by atoms with Crippen molar-refractivity contribution in [2.24, 2.45) is 5.92 Å². The average molecular weight is 285 g/mol. The lowest BCUT2D eigenvalue weighted by molar-refractivity contribution is -0.384. The minimum atomic E-state index is -1.61. The molecule has 1 N–H and O–H groups in total. The summed E-state index contributed by atoms with van der Waals surface area (Å²) in [7, 11) is -1.61. The zero-order valence-electron chi connectivity index (χ0n) is 10.6. The molecule has 2 atom stereocenters. The average Bonchev–Trinajstić information content (AvgIpc) is 2.27. The SMILES string of the molecule is CC(C)C(C(=O)O)S(=O)Cc1cccc([N+](=O)[O-])c1. The summed E-state index contributed by atoms with van der Waals surface area (Å²) in [6.07, 6.45) is 0. The summed E-state index contributed by atoms with van der Waals surface area (Å²) >= 11 is 0. The van der Waals surface area contributed by atoms with Crippen LogP contribution in [0.4, 0.5) is 5.69 Å². The van der Waals surface area contributed by atoms with Crippen LogP contribution in [-0.4, -0.2) is 25.5 Å². The minimum Gasteiger partial charge on any atom is -0.480 e. The van der Waals surface area contributed by atoms with Crippen molar-refractivity contribution in [1.29, 1.82) is 0 Å². The van der Waals surface area contributed by atoms with Crippen molar-refractivity contribution in [2.45, 2.75) is 24.9 Å². The molecule has 0 heterocycles. The molecule has 1 aromatic rings. The quantitative estimate of drug-likeness (QED) is 0.636. The van der Waals surface area contributed by atoms with Crippen LogP contribution in [0.1, 0.15) is 19.4 Å². The van der Waals surface area contributed by atoms with E-state index in [-0.39, 0.29) is 17.4 Å². The Morgan fingerprint density at radius 3 is 2.58 bits per heavy atom. The van der Waals surface area contributed by atoms with Gasteiger partial charge < -0.3 is 5.11 Å². The Hall–Kier alpha value is -1.76. The Morgan fingerprint density at radius 1 is 1.47 bits per heavy atom. The van der Waals surface area contributed by atoms with E-state index in [1.54, 1.807) is 19.9 Å². The monoisotopic (exact) mass is 285 g/mol. The van der Waals surface area contributed by atoms with Gasteiger partial charge in [-0.15, -0.1) is 0 Å². The summed E-state index contributed by atoms with van der Waals surface area (Å²) < 4.78 is 12.0. The number of carboxylic acid groups (broad SMARTS) is 1. The van der Waals surface area contributed by atoms with Gasteiger partial charge in [0, 0.05) is 28.7 Å². The van der Waals surface area contributed by atoms with Gasteiger partial charge in [0.25, 0.3) is 5.69 Å². The molecule has 0 fully saturated rings. The Bertz CT molecular complexity index is 515. The number of nitro groups is 1. The number of aliphatic carboxylic acids is 1. The topological polar surface area (TPSA) is 97.5 Å². The fourth-order valence-electron chi connectivity index (χ4n) is 1.72. The minimum absolute atomic E-state index is 0.00315. The van der Waals surface area contributed by atoms with Gasteiger partial charge >= 0.3 is 5.97 Å². The second-order valence-electron chi connectivity index (χ2n) is 4.45. The van der Waals surface area contributed by atoms with Crippen molar-refractivity contribution in [3.63, 3.8) is 0 Å². The molecule has 6 nitrogen and oxygen atoms in total. The zero-order chi connectivity index (χ0) is 14.6. The van der Waals surface area contributed by atoms with Crippen LogP contribution in [0.5, 0.6) is 0 Å². The summed E-state index contributed by atoms with van der Waals surface area (Å²) in [5.41, 5.74) is 0.408. The number of carboxylic acids is 1. The van der Waals surface area contributed by atoms with Gasteiger partial charge in [0.2, 0.25) is 0 Å². The fourth-order valence-corrected chi connectivity index (χ4v) is 3.23. The molecule has 0 aliphatic carbocycles. The molecule has 1 rings (SSSR count). The van der Waals surface area contributed by atoms with Crippen molar-refractivity contribution in [1.82, 2.24) is 0 Å². The molecule has 2 unspecified atom stereocenters. The van der Waals surface area contributed by atoms with E-state index in [4.69, 9.17) is 5.11 Å². The first-order valence-corrected chi connectivity index (χ1v) is 7.04. The molecule has 0 amide bonds. The first-order chi connectivity index (χ1) is 8.82. The predicted octanol–water partition coefficient (Wildman–Crippen LogP) is 1.95. The van der Waals surface area contributed by atoms with Crippen LogP contribution in [-0.2, 0) is 21.3 Å². The summed E-state index contributed by atoms with van der Waals surface area (Å²) in [6, 6.07) is 5.75. The molecule has 0 aromatic heterocycles. The van der Waals surface area contributed by atoms with Gasteiger partial charge in [0.05, 0.1) is 4.92 Å². The van der Waals surface area contributed by atoms with E-state index in [0.29, 0.717) is 5.56 Å². The lowest BCUT2D eigenvalue weighted by Crippen LogP contribution is -2.31. The smallest absolute Gasteiger partial charge is 0.319 e. The van der Waals surface area contributed by atoms with Crippen molar-refractivity contribution in [3.05, 3.63) is 39.9 Å². The van der Waals surface area contributed by atoms with Crippen LogP contribution >= 0.6 is 0 Å². The molecule has 0 spiro atoms. The first kappa shape index (κ1) is 15.3. The number of benzene rings is 1. The van der Waals surface area contributed by atoms with Gasteiger partial charge in [-0.1, -0.05) is 26.0 Å². The lowest BCUT2D eigenvalue weighted by Gasteiger charge is -2.15. The number of hydrogen-bond donors (Lipinski definition) is 1. The molecule has 0 aliphatic rings. The molecule has 0 aliphatic heterocycles. The summed E-state index contributed by atoms with van der Waals surface area (Å²) in [6.45, 7) is 3.37. The Balaban J connectivity index is 2.90. The van der Waals surface area contributed by atoms with Crippen molar-refractivity contribution in [2.75, 3.05) is 0 Å². The van der Waals surface area contributed by atoms with Crippen LogP contribution in [0.2, 0.25) is 0 Å². The van der Waals surface area contributed by atoms with E-state index in [9.17, 15) is 19.1 Å². The van der Waals surface area contributed by atoms with Crippen LogP contribution < -0.4 is 0 Å². The largest absolute Gasteiger partial charge is 0.480 e. The fraction of sp³-hybridized carbons (Fsp3) is 0.417. The number of hydrogen-bond acceptors (Lipinski definition) is 4. The van der Waals surface area contributed by atoms with Gasteiger partial charge in [-0.25, -0.2) is 0 Å². The van der Waals surface area contributed by atoms with E-state index in [2.05, 4.69) is 0 Å². The first-order valence-electron chi connectivity index (χ1n) is 5.66. The third kappa shape index (κ3) is 4.13. The zero-order valence-corrected chi connectivity index (χ0v) is 11.4. The van der Waals surface area contributed by atoms with Gasteiger partial charge in [0.1, 0.15) is 5.25 Å². The highest BCUT2D eigenvalue weighted by Gasteiger charge is 2.28. The summed E-state index contributed by atoms with van der Waals surface area (Å²) in [5.74, 6) is -1.38. The molecular weight excluding hydrogens is 270 g/mol. The van der Waals surface area contributed by atoms with Gasteiger partial charge in [-0.3, -0.25) is 19.1 Å². The molecule has 19 heavy (non-hydrogen) atoms. The summed E-state index contributed by atoms with van der Waals surface area (Å²) in [4.78, 5) is 21.1. The van der Waals surface area contributed by atoms with Gasteiger partial charge in [0.15, 0.2) is 0 Å². The highest BCUT2D eigenvalue weighted by Crippen LogP contribution is 2.18. The number of non-ortho nitro benzene ring substituents is 1. The molecule has 104 valence electrons. The van der Waals surface area contributed by atoms with Crippen molar-refractivity contribution in [3.8, 4) is 0 Å². The molecule has 0 radical (unpaired) electrons. The molecule has 0 saturated carbocycles. The number of rotatable bonds is 6. The van der Waals surface area contributed by atoms with Gasteiger partial charge in [-0.2, -0.15) is 0 Å². The Morgan fingerprint density at radius 2 is 2.11 bits per heavy atom. The maximum atomic E-state index is 12.0. The number of nitro benzene ring substituents is 1. The van der Waals surface area contributed by atoms with Crippen LogP contribution in [0.15, 0.2) is 24.3 Å². The highest BCUT2D eigenvalue weighted by atomic mass is 32.2. The van der Waals surface area contributed by atoms with Crippen molar-refractivity contribution >= 4 is 22.5 Å². The lowest BCUT2D eigenvalue weighted by atomic mass is 10.1. The van der Waals surface area contributed by atoms with Crippen LogP contribution in [0.3, 0.4) is 0 Å². The second-order valence-corrected chi connectivity index (χ2v) is 6.01. The maximum Gasteiger partial charge on any atom is 0.319 e. The summed E-state index contributed by atoms with van der Waals surface area (Å²) in [5, 5.41) is 18.7. The molecule has 0 bridgehead atoms. The highest BCUT2D eigenvalue weighted by molar-refractivity contribution is 7.85. The number of carbonyl (C=O) groups is 1. The van der Waals surface area contributed by atoms with E-state index in [1.165, 1.54) is 18.2 Å². The third-order valence-electron chi connectivity index (χ3n) is 2.56. The van der Waals surface area contributed by atoms with E-state index in [1.807, 2.05) is 0 Å². The molecule has 0 saturated heterocycles. The maximum absolute atomic E-state index is 12.0.